The number of aromatic nitrogens is 1. The number of furan rings is 1. The smallest absolute Gasteiger partial charge is 0.135 e. The molecule has 3 heteroatoms. The fourth-order valence-corrected chi connectivity index (χ4v) is 11.4. The third-order valence-electron chi connectivity index (χ3n) is 15.3. The van der Waals surface area contributed by atoms with E-state index in [1.54, 1.807) is 0 Å². The van der Waals surface area contributed by atoms with Gasteiger partial charge in [0.05, 0.1) is 22.4 Å². The van der Waals surface area contributed by atoms with Gasteiger partial charge in [-0.2, -0.15) is 0 Å². The van der Waals surface area contributed by atoms with Gasteiger partial charge in [-0.1, -0.05) is 224 Å². The average Bonchev–Trinajstić information content (AvgIpc) is 3.99. The minimum absolute atomic E-state index is 0.0281. The van der Waals surface area contributed by atoms with E-state index in [1.807, 2.05) is 12.1 Å². The molecular formula is C72H58N2O. The molecule has 0 amide bonds. The van der Waals surface area contributed by atoms with Crippen LogP contribution in [-0.4, -0.2) is 4.57 Å². The molecule has 0 saturated carbocycles. The van der Waals surface area contributed by atoms with Gasteiger partial charge in [-0.05, 0) is 121 Å². The van der Waals surface area contributed by atoms with E-state index >= 15 is 0 Å². The van der Waals surface area contributed by atoms with Gasteiger partial charge in [0.2, 0.25) is 0 Å². The summed E-state index contributed by atoms with van der Waals surface area (Å²) in [7, 11) is 0. The molecule has 0 aliphatic carbocycles. The molecule has 0 N–H and O–H groups in total. The predicted octanol–water partition coefficient (Wildman–Crippen LogP) is 20.6. The first-order valence-electron chi connectivity index (χ1n) is 26.2. The van der Waals surface area contributed by atoms with Gasteiger partial charge in [0, 0.05) is 49.6 Å². The second-order valence-electron chi connectivity index (χ2n) is 22.1. The average molecular weight is 967 g/mol. The number of rotatable bonds is 8. The van der Waals surface area contributed by atoms with Gasteiger partial charge < -0.3 is 13.9 Å². The summed E-state index contributed by atoms with van der Waals surface area (Å²) in [5.41, 5.74) is 20.5. The maximum absolute atomic E-state index is 6.25. The maximum Gasteiger partial charge on any atom is 0.135 e. The van der Waals surface area contributed by atoms with Gasteiger partial charge in [0.15, 0.2) is 0 Å². The van der Waals surface area contributed by atoms with Crippen molar-refractivity contribution < 1.29 is 4.42 Å². The molecule has 0 radical (unpaired) electrons. The fourth-order valence-electron chi connectivity index (χ4n) is 11.4. The Balaban J connectivity index is 1.05. The van der Waals surface area contributed by atoms with Crippen molar-refractivity contribution in [2.75, 3.05) is 4.90 Å². The molecular weight excluding hydrogens is 909 g/mol. The molecule has 2 heterocycles. The fraction of sp³-hybridized carbons (Fsp3) is 0.111. The second-order valence-corrected chi connectivity index (χ2v) is 22.1. The molecule has 11 aromatic carbocycles. The van der Waals surface area contributed by atoms with Gasteiger partial charge in [-0.25, -0.2) is 0 Å². The third-order valence-corrected chi connectivity index (χ3v) is 15.3. The van der Waals surface area contributed by atoms with Gasteiger partial charge in [-0.15, -0.1) is 0 Å². The summed E-state index contributed by atoms with van der Waals surface area (Å²) in [4.78, 5) is 2.49. The lowest BCUT2D eigenvalue weighted by Crippen LogP contribution is -2.16. The number of nitrogens with zero attached hydrogens (tertiary/aromatic N) is 2. The summed E-state index contributed by atoms with van der Waals surface area (Å²) in [6, 6.07) is 89.3. The molecule has 0 saturated heterocycles. The van der Waals surface area contributed by atoms with Crippen molar-refractivity contribution in [1.29, 1.82) is 0 Å². The van der Waals surface area contributed by atoms with E-state index < -0.39 is 0 Å². The Kier molecular flexibility index (Phi) is 11.0. The zero-order valence-electron chi connectivity index (χ0n) is 43.4. The van der Waals surface area contributed by atoms with Crippen molar-refractivity contribution >= 4 is 71.6 Å². The van der Waals surface area contributed by atoms with Gasteiger partial charge in [0.25, 0.3) is 0 Å². The lowest BCUT2D eigenvalue weighted by Gasteiger charge is -2.30. The SMILES string of the molecule is CC(C)(C)c1cc(-c2cccc3cccc(-c4ccccc4N(c4ccc(-c5ccc6oc7ccccc7c6c5)cc4)c4ccccc4-c4cccc5c6ccccc6n(-c6ccccc6)c45)c23)cc(C(C)(C)C)c1. The van der Waals surface area contributed by atoms with E-state index in [2.05, 4.69) is 282 Å². The molecule has 0 unspecified atom stereocenters. The molecule has 0 atom stereocenters. The van der Waals surface area contributed by atoms with Crippen LogP contribution in [0.2, 0.25) is 0 Å². The van der Waals surface area contributed by atoms with Crippen molar-refractivity contribution in [1.82, 2.24) is 4.57 Å². The Labute approximate surface area is 439 Å². The van der Waals surface area contributed by atoms with Crippen LogP contribution in [-0.2, 0) is 10.8 Å². The minimum atomic E-state index is -0.0281. The molecule has 13 rings (SSSR count). The Morgan fingerprint density at radius 3 is 1.60 bits per heavy atom. The monoisotopic (exact) mass is 966 g/mol. The molecule has 0 aliphatic heterocycles. The molecule has 0 fully saturated rings. The lowest BCUT2D eigenvalue weighted by atomic mass is 9.78. The van der Waals surface area contributed by atoms with Crippen LogP contribution >= 0.6 is 0 Å². The van der Waals surface area contributed by atoms with E-state index in [0.29, 0.717) is 0 Å². The summed E-state index contributed by atoms with van der Waals surface area (Å²) in [6.45, 7) is 13.9. The van der Waals surface area contributed by atoms with Crippen molar-refractivity contribution in [2.24, 2.45) is 0 Å². The van der Waals surface area contributed by atoms with Crippen LogP contribution in [0.5, 0.6) is 0 Å². The van der Waals surface area contributed by atoms with E-state index in [0.717, 1.165) is 72.5 Å². The Morgan fingerprint density at radius 2 is 0.893 bits per heavy atom. The summed E-state index contributed by atoms with van der Waals surface area (Å²) < 4.78 is 8.70. The Morgan fingerprint density at radius 1 is 0.360 bits per heavy atom. The van der Waals surface area contributed by atoms with E-state index in [9.17, 15) is 0 Å². The molecule has 13 aromatic rings. The molecule has 3 nitrogen and oxygen atoms in total. The Bertz CT molecular complexity index is 4270. The van der Waals surface area contributed by atoms with Crippen LogP contribution in [0, 0.1) is 0 Å². The van der Waals surface area contributed by atoms with E-state index in [-0.39, 0.29) is 10.8 Å². The molecule has 2 aromatic heterocycles. The third kappa shape index (κ3) is 7.99. The number of hydrogen-bond donors (Lipinski definition) is 0. The second kappa shape index (κ2) is 17.9. The highest BCUT2D eigenvalue weighted by molar-refractivity contribution is 6.15. The number of fused-ring (bicyclic) bond motifs is 7. The van der Waals surface area contributed by atoms with Crippen molar-refractivity contribution in [3.63, 3.8) is 0 Å². The highest BCUT2D eigenvalue weighted by atomic mass is 16.3. The minimum Gasteiger partial charge on any atom is -0.456 e. The first-order valence-corrected chi connectivity index (χ1v) is 26.2. The lowest BCUT2D eigenvalue weighted by molar-refractivity contribution is 0.569. The molecule has 0 bridgehead atoms. The zero-order valence-corrected chi connectivity index (χ0v) is 43.4. The van der Waals surface area contributed by atoms with Crippen molar-refractivity contribution in [2.45, 2.75) is 52.4 Å². The number of benzene rings is 11. The first-order chi connectivity index (χ1) is 36.5. The zero-order chi connectivity index (χ0) is 51.0. The highest BCUT2D eigenvalue weighted by Crippen LogP contribution is 2.50. The standard InChI is InChI=1S/C72H58N2O/c1-71(2,3)51-43-50(44-52(46-51)72(4,5)6)55-29-18-21-48-22-19-30-60(69(48)55)56-25-10-14-33-64(56)73(54-40-37-47(38-41-54)49-39-42-68-63(45-49)59-28-13-17-36-67(59)75-68)65-34-15-11-26-57(65)61-31-20-32-62-58-27-12-16-35-66(58)74(70(61)62)53-23-8-7-9-24-53/h7-46H,1-6H3. The summed E-state index contributed by atoms with van der Waals surface area (Å²) >= 11 is 0. The first kappa shape index (κ1) is 45.9. The van der Waals surface area contributed by atoms with E-state index in [1.165, 1.54) is 60.4 Å². The Hall–Kier alpha value is -8.92. The van der Waals surface area contributed by atoms with Crippen LogP contribution in [0.3, 0.4) is 0 Å². The normalized spacial score (nSPS) is 12.1. The molecule has 0 spiro atoms. The van der Waals surface area contributed by atoms with Gasteiger partial charge in [-0.3, -0.25) is 0 Å². The largest absolute Gasteiger partial charge is 0.456 e. The summed E-state index contributed by atoms with van der Waals surface area (Å²) in [5, 5.41) is 7.13. The van der Waals surface area contributed by atoms with Gasteiger partial charge in [0.1, 0.15) is 11.2 Å². The molecule has 0 aliphatic rings. The number of para-hydroxylation sites is 6. The predicted molar refractivity (Wildman–Crippen MR) is 319 cm³/mol. The van der Waals surface area contributed by atoms with Crippen LogP contribution in [0.4, 0.5) is 17.1 Å². The quantitative estimate of drug-likeness (QED) is 0.151. The van der Waals surface area contributed by atoms with E-state index in [4.69, 9.17) is 4.42 Å². The number of hydrogen-bond acceptors (Lipinski definition) is 2. The topological polar surface area (TPSA) is 21.3 Å². The van der Waals surface area contributed by atoms with Crippen LogP contribution in [0.15, 0.2) is 247 Å². The molecule has 362 valence electrons. The summed E-state index contributed by atoms with van der Waals surface area (Å²) in [5.74, 6) is 0. The van der Waals surface area contributed by atoms with Crippen molar-refractivity contribution in [3.05, 3.63) is 254 Å². The highest BCUT2D eigenvalue weighted by Gasteiger charge is 2.26. The van der Waals surface area contributed by atoms with Crippen molar-refractivity contribution in [3.8, 4) is 50.2 Å². The summed E-state index contributed by atoms with van der Waals surface area (Å²) in [6.07, 6.45) is 0. The number of anilines is 3. The maximum atomic E-state index is 6.25. The van der Waals surface area contributed by atoms with Crippen LogP contribution < -0.4 is 4.90 Å². The van der Waals surface area contributed by atoms with Crippen LogP contribution in [0.25, 0.3) is 105 Å². The molecule has 75 heavy (non-hydrogen) atoms. The van der Waals surface area contributed by atoms with Gasteiger partial charge >= 0.3 is 0 Å². The van der Waals surface area contributed by atoms with Crippen LogP contribution in [0.1, 0.15) is 52.7 Å².